The van der Waals surface area contributed by atoms with Gasteiger partial charge in [-0.25, -0.2) is 0 Å². The maximum atomic E-state index is 11.8. The molecule has 3 nitrogen and oxygen atoms in total. The van der Waals surface area contributed by atoms with Crippen LogP contribution in [-0.2, 0) is 11.2 Å². The van der Waals surface area contributed by atoms with Crippen LogP contribution in [0.2, 0.25) is 0 Å². The molecule has 0 unspecified atom stereocenters. The van der Waals surface area contributed by atoms with E-state index in [-0.39, 0.29) is 5.91 Å². The molecule has 0 saturated carbocycles. The predicted molar refractivity (Wildman–Crippen MR) is 73.2 cm³/mol. The number of nitrogens with two attached hydrogens (primary N) is 1. The molecular weight excluding hydrogens is 232 g/mol. The number of likely N-dealkylation sites (N-methyl/N-ethyl adjacent to an activating group) is 1. The monoisotopic (exact) mass is 254 g/mol. The predicted octanol–water partition coefficient (Wildman–Crippen LogP) is 2.27. The van der Waals surface area contributed by atoms with Gasteiger partial charge in [-0.3, -0.25) is 4.79 Å². The average molecular weight is 254 g/mol. The van der Waals surface area contributed by atoms with Gasteiger partial charge in [0.05, 0.1) is 0 Å². The molecule has 96 valence electrons. The molecule has 0 bridgehead atoms. The smallest absolute Gasteiger partial charge is 0.222 e. The van der Waals surface area contributed by atoms with Gasteiger partial charge < -0.3 is 10.6 Å². The minimum Gasteiger partial charge on any atom is -0.345 e. The average Bonchev–Trinajstić information content (AvgIpc) is 2.84. The SMILES string of the molecule is CN(CCc1cccs1)C(=O)CCCCCN. The number of thiophene rings is 1. The number of amides is 1. The van der Waals surface area contributed by atoms with Gasteiger partial charge in [0.2, 0.25) is 5.91 Å². The third kappa shape index (κ3) is 5.84. The quantitative estimate of drug-likeness (QED) is 0.723. The van der Waals surface area contributed by atoms with Gasteiger partial charge >= 0.3 is 0 Å². The van der Waals surface area contributed by atoms with Crippen molar-refractivity contribution in [1.82, 2.24) is 4.90 Å². The van der Waals surface area contributed by atoms with Crippen LogP contribution in [0.1, 0.15) is 30.6 Å². The van der Waals surface area contributed by atoms with Gasteiger partial charge in [-0.2, -0.15) is 0 Å². The molecule has 0 radical (unpaired) electrons. The fraction of sp³-hybridized carbons (Fsp3) is 0.615. The van der Waals surface area contributed by atoms with Crippen LogP contribution in [-0.4, -0.2) is 30.9 Å². The summed E-state index contributed by atoms with van der Waals surface area (Å²) in [5.74, 6) is 0.249. The summed E-state index contributed by atoms with van der Waals surface area (Å²) in [4.78, 5) is 14.9. The molecule has 1 aromatic rings. The van der Waals surface area contributed by atoms with Crippen molar-refractivity contribution in [3.63, 3.8) is 0 Å². The Hall–Kier alpha value is -0.870. The molecule has 0 spiro atoms. The molecule has 17 heavy (non-hydrogen) atoms. The number of rotatable bonds is 8. The second-order valence-corrected chi connectivity index (χ2v) is 5.28. The van der Waals surface area contributed by atoms with Gasteiger partial charge in [0.1, 0.15) is 0 Å². The summed E-state index contributed by atoms with van der Waals surface area (Å²) in [6.45, 7) is 1.54. The third-order valence-corrected chi connectivity index (χ3v) is 3.73. The summed E-state index contributed by atoms with van der Waals surface area (Å²) in [7, 11) is 1.89. The first-order valence-electron chi connectivity index (χ1n) is 6.20. The van der Waals surface area contributed by atoms with Crippen LogP contribution in [0.25, 0.3) is 0 Å². The van der Waals surface area contributed by atoms with Crippen LogP contribution >= 0.6 is 11.3 Å². The highest BCUT2D eigenvalue weighted by Crippen LogP contribution is 2.10. The molecule has 0 aliphatic heterocycles. The lowest BCUT2D eigenvalue weighted by Gasteiger charge is -2.16. The van der Waals surface area contributed by atoms with Crippen molar-refractivity contribution in [2.75, 3.05) is 20.1 Å². The first-order valence-corrected chi connectivity index (χ1v) is 7.08. The lowest BCUT2D eigenvalue weighted by molar-refractivity contribution is -0.130. The molecule has 1 aromatic heterocycles. The zero-order valence-corrected chi connectivity index (χ0v) is 11.3. The van der Waals surface area contributed by atoms with Crippen molar-refractivity contribution in [1.29, 1.82) is 0 Å². The normalized spacial score (nSPS) is 10.5. The second-order valence-electron chi connectivity index (χ2n) is 4.24. The Bertz CT molecular complexity index is 311. The van der Waals surface area contributed by atoms with E-state index in [0.717, 1.165) is 38.8 Å². The lowest BCUT2D eigenvalue weighted by atomic mass is 10.2. The summed E-state index contributed by atoms with van der Waals surface area (Å²) < 4.78 is 0. The maximum absolute atomic E-state index is 11.8. The van der Waals surface area contributed by atoms with E-state index in [1.807, 2.05) is 11.9 Å². The van der Waals surface area contributed by atoms with E-state index in [1.165, 1.54) is 4.88 Å². The largest absolute Gasteiger partial charge is 0.345 e. The Labute approximate surface area is 108 Å². The summed E-state index contributed by atoms with van der Waals surface area (Å²) in [6.07, 6.45) is 4.65. The van der Waals surface area contributed by atoms with Gasteiger partial charge in [-0.05, 0) is 37.3 Å². The van der Waals surface area contributed by atoms with Crippen LogP contribution < -0.4 is 5.73 Å². The van der Waals surface area contributed by atoms with E-state index in [9.17, 15) is 4.79 Å². The number of hydrogen-bond donors (Lipinski definition) is 1. The summed E-state index contributed by atoms with van der Waals surface area (Å²) in [5.41, 5.74) is 5.41. The van der Waals surface area contributed by atoms with Crippen LogP contribution in [0.4, 0.5) is 0 Å². The second kappa shape index (κ2) is 8.25. The molecule has 0 saturated heterocycles. The van der Waals surface area contributed by atoms with Crippen LogP contribution in [0.5, 0.6) is 0 Å². The van der Waals surface area contributed by atoms with Crippen molar-refractivity contribution in [3.05, 3.63) is 22.4 Å². The fourth-order valence-corrected chi connectivity index (χ4v) is 2.34. The molecule has 0 aliphatic carbocycles. The van der Waals surface area contributed by atoms with E-state index < -0.39 is 0 Å². The summed E-state index contributed by atoms with van der Waals surface area (Å²) >= 11 is 1.75. The van der Waals surface area contributed by atoms with Crippen molar-refractivity contribution in [2.45, 2.75) is 32.1 Å². The molecule has 0 aromatic carbocycles. The highest BCUT2D eigenvalue weighted by Gasteiger charge is 2.08. The highest BCUT2D eigenvalue weighted by molar-refractivity contribution is 7.09. The molecule has 2 N–H and O–H groups in total. The van der Waals surface area contributed by atoms with Gasteiger partial charge in [-0.1, -0.05) is 12.5 Å². The third-order valence-electron chi connectivity index (χ3n) is 2.79. The molecule has 1 heterocycles. The molecule has 1 amide bonds. The Morgan fingerprint density at radius 3 is 2.88 bits per heavy atom. The van der Waals surface area contributed by atoms with Crippen molar-refractivity contribution in [3.8, 4) is 0 Å². The maximum Gasteiger partial charge on any atom is 0.222 e. The van der Waals surface area contributed by atoms with Crippen LogP contribution in [0, 0.1) is 0 Å². The summed E-state index contributed by atoms with van der Waals surface area (Å²) in [5, 5.41) is 2.07. The van der Waals surface area contributed by atoms with Crippen molar-refractivity contribution in [2.24, 2.45) is 5.73 Å². The van der Waals surface area contributed by atoms with Gasteiger partial charge in [-0.15, -0.1) is 11.3 Å². The molecule has 1 rings (SSSR count). The zero-order chi connectivity index (χ0) is 12.5. The number of unbranched alkanes of at least 4 members (excludes halogenated alkanes) is 2. The van der Waals surface area contributed by atoms with Crippen molar-refractivity contribution < 1.29 is 4.79 Å². The minimum atomic E-state index is 0.249. The van der Waals surface area contributed by atoms with E-state index >= 15 is 0 Å². The van der Waals surface area contributed by atoms with E-state index in [2.05, 4.69) is 17.5 Å². The van der Waals surface area contributed by atoms with Crippen LogP contribution in [0.15, 0.2) is 17.5 Å². The van der Waals surface area contributed by atoms with Gasteiger partial charge in [0, 0.05) is 24.9 Å². The topological polar surface area (TPSA) is 46.3 Å². The lowest BCUT2D eigenvalue weighted by Crippen LogP contribution is -2.28. The highest BCUT2D eigenvalue weighted by atomic mass is 32.1. The van der Waals surface area contributed by atoms with E-state index in [0.29, 0.717) is 6.42 Å². The number of carbonyl (C=O) groups is 1. The molecule has 0 atom stereocenters. The number of hydrogen-bond acceptors (Lipinski definition) is 3. The minimum absolute atomic E-state index is 0.249. The van der Waals surface area contributed by atoms with E-state index in [4.69, 9.17) is 5.73 Å². The Balaban J connectivity index is 2.13. The Morgan fingerprint density at radius 2 is 2.24 bits per heavy atom. The van der Waals surface area contributed by atoms with Crippen LogP contribution in [0.3, 0.4) is 0 Å². The van der Waals surface area contributed by atoms with Crippen molar-refractivity contribution >= 4 is 17.2 Å². The van der Waals surface area contributed by atoms with Gasteiger partial charge in [0.25, 0.3) is 0 Å². The molecule has 4 heteroatoms. The Morgan fingerprint density at radius 1 is 1.41 bits per heavy atom. The Kier molecular flexibility index (Phi) is 6.89. The number of carbonyl (C=O) groups excluding carboxylic acids is 1. The van der Waals surface area contributed by atoms with E-state index in [1.54, 1.807) is 11.3 Å². The fourth-order valence-electron chi connectivity index (χ4n) is 1.65. The first kappa shape index (κ1) is 14.2. The number of nitrogens with zero attached hydrogens (tertiary/aromatic N) is 1. The zero-order valence-electron chi connectivity index (χ0n) is 10.5. The molecule has 0 aliphatic rings. The first-order chi connectivity index (χ1) is 8.24. The van der Waals surface area contributed by atoms with Gasteiger partial charge in [0.15, 0.2) is 0 Å². The summed E-state index contributed by atoms with van der Waals surface area (Å²) in [6, 6.07) is 4.17. The molecule has 0 fully saturated rings. The standard InChI is InChI=1S/C13H22N2OS/c1-15(10-8-12-6-5-11-17-12)13(16)7-3-2-4-9-14/h5-6,11H,2-4,7-10,14H2,1H3. The molecular formula is C13H22N2OS.